The highest BCUT2D eigenvalue weighted by Crippen LogP contribution is 2.37. The van der Waals surface area contributed by atoms with E-state index in [-0.39, 0.29) is 0 Å². The minimum atomic E-state index is 0.868. The number of rotatable bonds is 4. The molecular formula is C18H30. The van der Waals surface area contributed by atoms with E-state index in [0.717, 1.165) is 5.92 Å². The van der Waals surface area contributed by atoms with E-state index in [9.17, 15) is 0 Å². The maximum atomic E-state index is 2.42. The molecule has 0 aromatic heterocycles. The van der Waals surface area contributed by atoms with E-state index in [1.807, 2.05) is 0 Å². The van der Waals surface area contributed by atoms with Crippen LogP contribution in [0.1, 0.15) is 73.6 Å². The third-order valence-corrected chi connectivity index (χ3v) is 3.99. The van der Waals surface area contributed by atoms with E-state index in [0.29, 0.717) is 0 Å². The molecule has 0 saturated heterocycles. The summed E-state index contributed by atoms with van der Waals surface area (Å²) < 4.78 is 0. The van der Waals surface area contributed by atoms with Gasteiger partial charge >= 0.3 is 0 Å². The lowest BCUT2D eigenvalue weighted by molar-refractivity contribution is 0.498. The van der Waals surface area contributed by atoms with Gasteiger partial charge < -0.3 is 0 Å². The first-order valence-corrected chi connectivity index (χ1v) is 7.50. The van der Waals surface area contributed by atoms with Gasteiger partial charge in [-0.3, -0.25) is 0 Å². The van der Waals surface area contributed by atoms with Gasteiger partial charge in [0.25, 0.3) is 0 Å². The van der Waals surface area contributed by atoms with Gasteiger partial charge in [0, 0.05) is 0 Å². The highest BCUT2D eigenvalue weighted by Gasteiger charge is 2.19. The maximum Gasteiger partial charge on any atom is -0.0213 e. The molecule has 0 aliphatic heterocycles. The molecule has 1 atom stereocenters. The topological polar surface area (TPSA) is 0 Å². The fraction of sp³-hybridized carbons (Fsp3) is 0.667. The second kappa shape index (κ2) is 6.97. The zero-order valence-electron chi connectivity index (χ0n) is 13.2. The summed E-state index contributed by atoms with van der Waals surface area (Å²) >= 11 is 0. The summed E-state index contributed by atoms with van der Waals surface area (Å²) in [6.07, 6.45) is 8.76. The van der Waals surface area contributed by atoms with E-state index in [2.05, 4.69) is 47.6 Å². The molecule has 102 valence electrons. The van der Waals surface area contributed by atoms with Gasteiger partial charge in [0.1, 0.15) is 0 Å². The Kier molecular flexibility index (Phi) is 5.91. The van der Waals surface area contributed by atoms with Crippen molar-refractivity contribution in [2.24, 2.45) is 5.92 Å². The Morgan fingerprint density at radius 3 is 2.44 bits per heavy atom. The smallest absolute Gasteiger partial charge is 0.0213 e. The third kappa shape index (κ3) is 3.86. The molecule has 0 nitrogen and oxygen atoms in total. The lowest BCUT2D eigenvalue weighted by Gasteiger charge is -2.26. The average molecular weight is 246 g/mol. The fourth-order valence-electron chi connectivity index (χ4n) is 3.09. The Bertz CT molecular complexity index is 373. The quantitative estimate of drug-likeness (QED) is 0.518. The molecule has 1 aliphatic rings. The summed E-state index contributed by atoms with van der Waals surface area (Å²) in [6, 6.07) is 0. The molecule has 0 N–H and O–H groups in total. The van der Waals surface area contributed by atoms with Crippen LogP contribution in [0.5, 0.6) is 0 Å². The molecule has 0 fully saturated rings. The van der Waals surface area contributed by atoms with Crippen molar-refractivity contribution in [2.45, 2.75) is 73.6 Å². The maximum absolute atomic E-state index is 2.42. The summed E-state index contributed by atoms with van der Waals surface area (Å²) in [4.78, 5) is 0. The number of hydrogen-bond donors (Lipinski definition) is 0. The van der Waals surface area contributed by atoms with Crippen molar-refractivity contribution in [3.63, 3.8) is 0 Å². The SMILES string of the molecule is CCC/C=C(/C)C(=C(C)C)C1=C(C)CC(C)CC1. The summed E-state index contributed by atoms with van der Waals surface area (Å²) in [5.41, 5.74) is 7.77. The normalized spacial score (nSPS) is 21.2. The monoisotopic (exact) mass is 246 g/mol. The van der Waals surface area contributed by atoms with Crippen LogP contribution >= 0.6 is 0 Å². The fourth-order valence-corrected chi connectivity index (χ4v) is 3.09. The van der Waals surface area contributed by atoms with Crippen molar-refractivity contribution in [2.75, 3.05) is 0 Å². The Morgan fingerprint density at radius 2 is 1.94 bits per heavy atom. The van der Waals surface area contributed by atoms with E-state index in [4.69, 9.17) is 0 Å². The molecule has 0 aromatic carbocycles. The minimum Gasteiger partial charge on any atom is -0.0810 e. The van der Waals surface area contributed by atoms with Gasteiger partial charge in [-0.05, 0) is 76.0 Å². The van der Waals surface area contributed by atoms with E-state index in [1.54, 1.807) is 16.7 Å². The Hall–Kier alpha value is -0.780. The van der Waals surface area contributed by atoms with Crippen molar-refractivity contribution in [1.29, 1.82) is 0 Å². The van der Waals surface area contributed by atoms with Gasteiger partial charge in [0.2, 0.25) is 0 Å². The van der Waals surface area contributed by atoms with Crippen molar-refractivity contribution >= 4 is 0 Å². The van der Waals surface area contributed by atoms with Crippen LogP contribution in [0.2, 0.25) is 0 Å². The van der Waals surface area contributed by atoms with Gasteiger partial charge in [0.05, 0.1) is 0 Å². The van der Waals surface area contributed by atoms with Crippen LogP contribution in [-0.4, -0.2) is 0 Å². The van der Waals surface area contributed by atoms with E-state index >= 15 is 0 Å². The first kappa shape index (κ1) is 15.3. The van der Waals surface area contributed by atoms with Crippen LogP contribution in [0.4, 0.5) is 0 Å². The predicted octanol–water partition coefficient (Wildman–Crippen LogP) is 6.21. The Balaban J connectivity index is 3.09. The van der Waals surface area contributed by atoms with Gasteiger partial charge in [0.15, 0.2) is 0 Å². The van der Waals surface area contributed by atoms with Crippen LogP contribution < -0.4 is 0 Å². The van der Waals surface area contributed by atoms with E-state index < -0.39 is 0 Å². The summed E-state index contributed by atoms with van der Waals surface area (Å²) in [6.45, 7) is 13.8. The lowest BCUT2D eigenvalue weighted by atomic mass is 9.79. The molecule has 0 bridgehead atoms. The Morgan fingerprint density at radius 1 is 1.28 bits per heavy atom. The second-order valence-electron chi connectivity index (χ2n) is 6.16. The van der Waals surface area contributed by atoms with Crippen LogP contribution in [0.15, 0.2) is 33.9 Å². The predicted molar refractivity (Wildman–Crippen MR) is 82.8 cm³/mol. The first-order chi connectivity index (χ1) is 8.47. The molecule has 1 unspecified atom stereocenters. The number of allylic oxidation sites excluding steroid dienone is 6. The molecule has 0 amide bonds. The Labute approximate surface area is 114 Å². The van der Waals surface area contributed by atoms with Crippen LogP contribution in [0.3, 0.4) is 0 Å². The zero-order valence-corrected chi connectivity index (χ0v) is 13.2. The van der Waals surface area contributed by atoms with Crippen molar-refractivity contribution in [3.05, 3.63) is 33.9 Å². The highest BCUT2D eigenvalue weighted by molar-refractivity contribution is 5.50. The first-order valence-electron chi connectivity index (χ1n) is 7.50. The molecule has 0 aromatic rings. The third-order valence-electron chi connectivity index (χ3n) is 3.99. The van der Waals surface area contributed by atoms with Gasteiger partial charge in [-0.2, -0.15) is 0 Å². The van der Waals surface area contributed by atoms with Gasteiger partial charge in [-0.25, -0.2) is 0 Å². The molecule has 0 radical (unpaired) electrons. The second-order valence-corrected chi connectivity index (χ2v) is 6.16. The van der Waals surface area contributed by atoms with Crippen molar-refractivity contribution < 1.29 is 0 Å². The minimum absolute atomic E-state index is 0.868. The largest absolute Gasteiger partial charge is 0.0810 e. The molecule has 0 heterocycles. The molecule has 0 spiro atoms. The number of hydrogen-bond acceptors (Lipinski definition) is 0. The highest BCUT2D eigenvalue weighted by atomic mass is 14.2. The van der Waals surface area contributed by atoms with Gasteiger partial charge in [-0.15, -0.1) is 0 Å². The van der Waals surface area contributed by atoms with Crippen molar-refractivity contribution in [3.8, 4) is 0 Å². The molecule has 0 heteroatoms. The molecule has 1 rings (SSSR count). The van der Waals surface area contributed by atoms with E-state index in [1.165, 1.54) is 43.3 Å². The zero-order chi connectivity index (χ0) is 13.7. The van der Waals surface area contributed by atoms with Crippen molar-refractivity contribution in [1.82, 2.24) is 0 Å². The average Bonchev–Trinajstić information content (AvgIpc) is 2.29. The van der Waals surface area contributed by atoms with Crippen LogP contribution in [0.25, 0.3) is 0 Å². The summed E-state index contributed by atoms with van der Waals surface area (Å²) in [5.74, 6) is 0.868. The molecule has 0 saturated carbocycles. The molecule has 18 heavy (non-hydrogen) atoms. The molecular weight excluding hydrogens is 216 g/mol. The van der Waals surface area contributed by atoms with Crippen LogP contribution in [0, 0.1) is 5.92 Å². The summed E-state index contributed by atoms with van der Waals surface area (Å²) in [5, 5.41) is 0. The molecule has 1 aliphatic carbocycles. The van der Waals surface area contributed by atoms with Gasteiger partial charge in [-0.1, -0.05) is 37.5 Å². The summed E-state index contributed by atoms with van der Waals surface area (Å²) in [7, 11) is 0. The lowest BCUT2D eigenvalue weighted by Crippen LogP contribution is -2.09. The van der Waals surface area contributed by atoms with Crippen LogP contribution in [-0.2, 0) is 0 Å². The number of unbranched alkanes of at least 4 members (excludes halogenated alkanes) is 1. The standard InChI is InChI=1S/C18H30/c1-7-8-9-15(5)18(13(2)3)17-11-10-14(4)12-16(17)6/h9,14H,7-8,10-12H2,1-6H3/b15-9-.